The smallest absolute Gasteiger partial charge is 0.233 e. The Hall–Kier alpha value is -2.14. The summed E-state index contributed by atoms with van der Waals surface area (Å²) in [5.74, 6) is -0.360. The molecule has 1 aliphatic carbocycles. The lowest BCUT2D eigenvalue weighted by molar-refractivity contribution is -0.149. The number of carbonyl (C=O) groups is 2. The second-order valence-corrected chi connectivity index (χ2v) is 7.00. The Labute approximate surface area is 148 Å². The van der Waals surface area contributed by atoms with Crippen LogP contribution in [0.25, 0.3) is 0 Å². The molecular weight excluding hydrogens is 318 g/mol. The van der Waals surface area contributed by atoms with Gasteiger partial charge in [-0.25, -0.2) is 0 Å². The van der Waals surface area contributed by atoms with Crippen molar-refractivity contribution in [2.24, 2.45) is 11.8 Å². The third-order valence-electron chi connectivity index (χ3n) is 5.82. The molecule has 1 saturated carbocycles. The standard InChI is InChI=1S/C20H25NO4/c1-14-17-8-9-21(10-11-25-2)19(24)20(17,12-15(13-22)18(14)23)16-6-4-3-5-7-16/h3-7,13-14,17,22H,8-12H2,1-2H3/b15-13-/t14-,17-,20+/m0/s1. The van der Waals surface area contributed by atoms with Gasteiger partial charge in [0.25, 0.3) is 0 Å². The second-order valence-electron chi connectivity index (χ2n) is 7.00. The maximum atomic E-state index is 13.6. The van der Waals surface area contributed by atoms with Crippen LogP contribution in [0.2, 0.25) is 0 Å². The molecule has 3 atom stereocenters. The minimum atomic E-state index is -0.796. The van der Waals surface area contributed by atoms with Crippen LogP contribution in [0.15, 0.2) is 42.2 Å². The number of piperidine rings is 1. The Morgan fingerprint density at radius 3 is 2.68 bits per heavy atom. The first-order valence-electron chi connectivity index (χ1n) is 8.77. The summed E-state index contributed by atoms with van der Waals surface area (Å²) in [6, 6.07) is 9.69. The molecule has 3 rings (SSSR count). The summed E-state index contributed by atoms with van der Waals surface area (Å²) in [4.78, 5) is 28.0. The van der Waals surface area contributed by atoms with E-state index in [1.807, 2.05) is 42.2 Å². The third kappa shape index (κ3) is 2.76. The van der Waals surface area contributed by atoms with E-state index in [0.29, 0.717) is 25.3 Å². The molecule has 2 aliphatic rings. The Balaban J connectivity index is 2.11. The molecule has 5 heteroatoms. The van der Waals surface area contributed by atoms with Crippen LogP contribution in [-0.2, 0) is 19.7 Å². The van der Waals surface area contributed by atoms with Crippen LogP contribution >= 0.6 is 0 Å². The molecule has 134 valence electrons. The number of Topliss-reactive ketones (excluding diaryl/α,β-unsaturated/α-hetero) is 1. The maximum absolute atomic E-state index is 13.6. The molecule has 25 heavy (non-hydrogen) atoms. The fourth-order valence-corrected chi connectivity index (χ4v) is 4.53. The van der Waals surface area contributed by atoms with Gasteiger partial charge in [-0.05, 0) is 24.3 Å². The predicted molar refractivity (Wildman–Crippen MR) is 94.2 cm³/mol. The van der Waals surface area contributed by atoms with Gasteiger partial charge in [-0.15, -0.1) is 0 Å². The van der Waals surface area contributed by atoms with Crippen molar-refractivity contribution >= 4 is 11.7 Å². The molecule has 1 amide bonds. The van der Waals surface area contributed by atoms with Crippen molar-refractivity contribution in [3.63, 3.8) is 0 Å². The summed E-state index contributed by atoms with van der Waals surface area (Å²) < 4.78 is 5.15. The van der Waals surface area contributed by atoms with Crippen LogP contribution in [0.5, 0.6) is 0 Å². The highest BCUT2D eigenvalue weighted by Gasteiger charge is 2.58. The zero-order valence-electron chi connectivity index (χ0n) is 14.8. The van der Waals surface area contributed by atoms with Crippen molar-refractivity contribution in [1.82, 2.24) is 4.90 Å². The number of hydrogen-bond donors (Lipinski definition) is 1. The molecule has 0 aromatic heterocycles. The quantitative estimate of drug-likeness (QED) is 0.674. The van der Waals surface area contributed by atoms with E-state index in [1.165, 1.54) is 0 Å². The topological polar surface area (TPSA) is 66.8 Å². The fraction of sp³-hybridized carbons (Fsp3) is 0.500. The van der Waals surface area contributed by atoms with Crippen molar-refractivity contribution in [2.45, 2.75) is 25.2 Å². The first-order valence-corrected chi connectivity index (χ1v) is 8.77. The number of ketones is 1. The Kier molecular flexibility index (Phi) is 4.95. The molecule has 0 radical (unpaired) electrons. The van der Waals surface area contributed by atoms with E-state index >= 15 is 0 Å². The molecule has 0 spiro atoms. The van der Waals surface area contributed by atoms with Gasteiger partial charge in [0.15, 0.2) is 5.78 Å². The third-order valence-corrected chi connectivity index (χ3v) is 5.82. The number of hydrogen-bond acceptors (Lipinski definition) is 4. The van der Waals surface area contributed by atoms with Gasteiger partial charge in [0.1, 0.15) is 0 Å². The van der Waals surface area contributed by atoms with Crippen molar-refractivity contribution in [1.29, 1.82) is 0 Å². The highest BCUT2D eigenvalue weighted by Crippen LogP contribution is 2.51. The molecule has 1 aromatic rings. The van der Waals surface area contributed by atoms with Gasteiger partial charge in [0.05, 0.1) is 18.3 Å². The number of ether oxygens (including phenoxy) is 1. The van der Waals surface area contributed by atoms with Gasteiger partial charge >= 0.3 is 0 Å². The number of benzene rings is 1. The molecule has 1 heterocycles. The average Bonchev–Trinajstić information content (AvgIpc) is 2.65. The van der Waals surface area contributed by atoms with E-state index in [1.54, 1.807) is 7.11 Å². The summed E-state index contributed by atoms with van der Waals surface area (Å²) in [6.45, 7) is 3.54. The molecule has 1 aliphatic heterocycles. The summed E-state index contributed by atoms with van der Waals surface area (Å²) in [7, 11) is 1.62. The van der Waals surface area contributed by atoms with Gasteiger partial charge < -0.3 is 14.7 Å². The Morgan fingerprint density at radius 1 is 1.32 bits per heavy atom. The first-order chi connectivity index (χ1) is 12.1. The summed E-state index contributed by atoms with van der Waals surface area (Å²) in [5, 5.41) is 9.60. The van der Waals surface area contributed by atoms with Gasteiger partial charge in [-0.3, -0.25) is 9.59 Å². The number of carbonyl (C=O) groups excluding carboxylic acids is 2. The van der Waals surface area contributed by atoms with E-state index in [0.717, 1.165) is 18.2 Å². The van der Waals surface area contributed by atoms with Crippen LogP contribution in [-0.4, -0.2) is 48.5 Å². The van der Waals surface area contributed by atoms with E-state index in [-0.39, 0.29) is 29.9 Å². The molecule has 5 nitrogen and oxygen atoms in total. The van der Waals surface area contributed by atoms with E-state index < -0.39 is 5.41 Å². The second kappa shape index (κ2) is 7.00. The number of allylic oxidation sites excluding steroid dienone is 1. The average molecular weight is 343 g/mol. The lowest BCUT2D eigenvalue weighted by atomic mass is 9.54. The zero-order chi connectivity index (χ0) is 18.0. The molecule has 1 N–H and O–H groups in total. The zero-order valence-corrected chi connectivity index (χ0v) is 14.8. The van der Waals surface area contributed by atoms with E-state index in [9.17, 15) is 14.7 Å². The van der Waals surface area contributed by atoms with Crippen LogP contribution in [0.4, 0.5) is 0 Å². The molecular formula is C20H25NO4. The van der Waals surface area contributed by atoms with Crippen molar-refractivity contribution in [3.05, 3.63) is 47.7 Å². The molecule has 2 fully saturated rings. The van der Waals surface area contributed by atoms with Crippen LogP contribution in [0.3, 0.4) is 0 Å². The number of rotatable bonds is 4. The largest absolute Gasteiger partial charge is 0.515 e. The molecule has 1 aromatic carbocycles. The molecule has 0 bridgehead atoms. The van der Waals surface area contributed by atoms with Crippen molar-refractivity contribution in [2.75, 3.05) is 26.8 Å². The van der Waals surface area contributed by atoms with Crippen LogP contribution in [0, 0.1) is 11.8 Å². The number of fused-ring (bicyclic) bond motifs is 1. The lowest BCUT2D eigenvalue weighted by Crippen LogP contribution is -2.61. The number of nitrogens with zero attached hydrogens (tertiary/aromatic N) is 1. The minimum absolute atomic E-state index is 0.0331. The Morgan fingerprint density at radius 2 is 2.04 bits per heavy atom. The monoisotopic (exact) mass is 343 g/mol. The number of aliphatic hydroxyl groups excluding tert-OH is 1. The number of likely N-dealkylation sites (tertiary alicyclic amines) is 1. The summed E-state index contributed by atoms with van der Waals surface area (Å²) in [6.07, 6.45) is 1.92. The highest BCUT2D eigenvalue weighted by atomic mass is 16.5. The predicted octanol–water partition coefficient (Wildman–Crippen LogP) is 2.47. The van der Waals surface area contributed by atoms with Gasteiger partial charge in [-0.1, -0.05) is 37.3 Å². The lowest BCUT2D eigenvalue weighted by Gasteiger charge is -2.52. The van der Waals surface area contributed by atoms with Crippen LogP contribution in [0.1, 0.15) is 25.3 Å². The van der Waals surface area contributed by atoms with Crippen LogP contribution < -0.4 is 0 Å². The number of methoxy groups -OCH3 is 1. The van der Waals surface area contributed by atoms with E-state index in [2.05, 4.69) is 0 Å². The summed E-state index contributed by atoms with van der Waals surface area (Å²) >= 11 is 0. The van der Waals surface area contributed by atoms with Crippen molar-refractivity contribution < 1.29 is 19.4 Å². The fourth-order valence-electron chi connectivity index (χ4n) is 4.53. The SMILES string of the molecule is COCCN1CC[C@H]2[C@H](C)C(=O)/C(=C\O)C[C@]2(c2ccccc2)C1=O. The van der Waals surface area contributed by atoms with Gasteiger partial charge in [0.2, 0.25) is 5.91 Å². The van der Waals surface area contributed by atoms with Gasteiger partial charge in [0, 0.05) is 31.7 Å². The molecule has 0 unspecified atom stereocenters. The number of amides is 1. The van der Waals surface area contributed by atoms with Crippen molar-refractivity contribution in [3.8, 4) is 0 Å². The number of aliphatic hydroxyl groups is 1. The maximum Gasteiger partial charge on any atom is 0.233 e. The first kappa shape index (κ1) is 17.7. The normalized spacial score (nSPS) is 31.3. The molecule has 1 saturated heterocycles. The Bertz CT molecular complexity index is 684. The highest BCUT2D eigenvalue weighted by molar-refractivity contribution is 6.02. The van der Waals surface area contributed by atoms with Gasteiger partial charge in [-0.2, -0.15) is 0 Å². The summed E-state index contributed by atoms with van der Waals surface area (Å²) in [5.41, 5.74) is 0.468. The van der Waals surface area contributed by atoms with E-state index in [4.69, 9.17) is 4.74 Å². The minimum Gasteiger partial charge on any atom is -0.515 e.